The van der Waals surface area contributed by atoms with Crippen molar-refractivity contribution in [3.8, 4) is 0 Å². The number of nitrogens with two attached hydrogens (primary N) is 1. The predicted octanol–water partition coefficient (Wildman–Crippen LogP) is 1.50. The van der Waals surface area contributed by atoms with E-state index < -0.39 is 0 Å². The molecule has 0 saturated carbocycles. The van der Waals surface area contributed by atoms with Crippen molar-refractivity contribution in [1.29, 1.82) is 0 Å². The molecule has 0 unspecified atom stereocenters. The Morgan fingerprint density at radius 2 is 2.22 bits per heavy atom. The summed E-state index contributed by atoms with van der Waals surface area (Å²) in [6.07, 6.45) is 1.73. The Bertz CT molecular complexity index is 560. The van der Waals surface area contributed by atoms with Gasteiger partial charge in [0, 0.05) is 11.8 Å². The summed E-state index contributed by atoms with van der Waals surface area (Å²) in [7, 11) is 0. The second kappa shape index (κ2) is 5.20. The van der Waals surface area contributed by atoms with Gasteiger partial charge >= 0.3 is 0 Å². The molecular weight excluding hydrogens is 252 g/mol. The van der Waals surface area contributed by atoms with Crippen molar-refractivity contribution in [2.24, 2.45) is 5.84 Å². The monoisotopic (exact) mass is 264 g/mol. The van der Waals surface area contributed by atoms with Crippen LogP contribution in [-0.4, -0.2) is 15.7 Å². The third-order valence-electron chi connectivity index (χ3n) is 2.61. The maximum atomic E-state index is 11.6. The van der Waals surface area contributed by atoms with Crippen LogP contribution in [0, 0.1) is 6.92 Å². The Balaban J connectivity index is 2.31. The van der Waals surface area contributed by atoms with Crippen LogP contribution in [0.15, 0.2) is 30.5 Å². The number of halogens is 1. The van der Waals surface area contributed by atoms with Crippen molar-refractivity contribution in [2.75, 3.05) is 0 Å². The summed E-state index contributed by atoms with van der Waals surface area (Å²) in [5.74, 6) is 4.83. The van der Waals surface area contributed by atoms with Crippen LogP contribution in [0.2, 0.25) is 5.02 Å². The minimum atomic E-state index is -0.319. The van der Waals surface area contributed by atoms with Gasteiger partial charge in [-0.25, -0.2) is 5.84 Å². The summed E-state index contributed by atoms with van der Waals surface area (Å²) in [5, 5.41) is 4.86. The average molecular weight is 265 g/mol. The van der Waals surface area contributed by atoms with Crippen molar-refractivity contribution in [3.05, 3.63) is 52.3 Å². The average Bonchev–Trinajstić information content (AvgIpc) is 2.68. The number of hydrazine groups is 1. The lowest BCUT2D eigenvalue weighted by Gasteiger charge is -2.08. The van der Waals surface area contributed by atoms with E-state index in [0.29, 0.717) is 17.1 Å². The third kappa shape index (κ3) is 2.52. The van der Waals surface area contributed by atoms with E-state index in [4.69, 9.17) is 17.4 Å². The standard InChI is InChI=1S/C12H13ClN4O/c1-8-11(13)7-17(16-8)6-9-4-2-3-5-10(9)12(18)15-14/h2-5,7H,6,14H2,1H3,(H,15,18). The Kier molecular flexibility index (Phi) is 3.64. The summed E-state index contributed by atoms with van der Waals surface area (Å²) < 4.78 is 1.69. The quantitative estimate of drug-likeness (QED) is 0.501. The van der Waals surface area contributed by atoms with Crippen LogP contribution in [0.4, 0.5) is 0 Å². The highest BCUT2D eigenvalue weighted by atomic mass is 35.5. The van der Waals surface area contributed by atoms with E-state index in [1.165, 1.54) is 0 Å². The lowest BCUT2D eigenvalue weighted by atomic mass is 10.1. The number of aromatic nitrogens is 2. The molecule has 6 heteroatoms. The molecule has 0 bridgehead atoms. The van der Waals surface area contributed by atoms with Crippen LogP contribution >= 0.6 is 11.6 Å². The van der Waals surface area contributed by atoms with Crippen LogP contribution in [0.1, 0.15) is 21.6 Å². The Morgan fingerprint density at radius 1 is 1.50 bits per heavy atom. The zero-order chi connectivity index (χ0) is 13.1. The highest BCUT2D eigenvalue weighted by molar-refractivity contribution is 6.31. The number of carbonyl (C=O) groups is 1. The summed E-state index contributed by atoms with van der Waals surface area (Å²) >= 11 is 5.94. The summed E-state index contributed by atoms with van der Waals surface area (Å²) in [5.41, 5.74) is 4.26. The number of aryl methyl sites for hydroxylation is 1. The minimum Gasteiger partial charge on any atom is -0.290 e. The fourth-order valence-corrected chi connectivity index (χ4v) is 1.86. The molecule has 2 aromatic rings. The van der Waals surface area contributed by atoms with Crippen LogP contribution in [0.3, 0.4) is 0 Å². The molecule has 5 nitrogen and oxygen atoms in total. The SMILES string of the molecule is Cc1nn(Cc2ccccc2C(=O)NN)cc1Cl. The molecule has 0 aliphatic carbocycles. The van der Waals surface area contributed by atoms with Gasteiger partial charge in [0.2, 0.25) is 0 Å². The second-order valence-corrected chi connectivity index (χ2v) is 4.30. The first kappa shape index (κ1) is 12.6. The summed E-state index contributed by atoms with van der Waals surface area (Å²) in [6, 6.07) is 7.22. The molecule has 0 aliphatic rings. The predicted molar refractivity (Wildman–Crippen MR) is 69.2 cm³/mol. The van der Waals surface area contributed by atoms with Gasteiger partial charge < -0.3 is 0 Å². The lowest BCUT2D eigenvalue weighted by molar-refractivity contribution is 0.0952. The van der Waals surface area contributed by atoms with Crippen LogP contribution < -0.4 is 11.3 Å². The minimum absolute atomic E-state index is 0.319. The molecule has 1 aromatic carbocycles. The number of carbonyl (C=O) groups excluding carboxylic acids is 1. The molecule has 1 aromatic heterocycles. The first-order valence-electron chi connectivity index (χ1n) is 5.40. The largest absolute Gasteiger partial charge is 0.290 e. The van der Waals surface area contributed by atoms with E-state index in [-0.39, 0.29) is 5.91 Å². The molecule has 3 N–H and O–H groups in total. The van der Waals surface area contributed by atoms with E-state index in [9.17, 15) is 4.79 Å². The van der Waals surface area contributed by atoms with E-state index in [1.807, 2.05) is 19.1 Å². The van der Waals surface area contributed by atoms with Gasteiger partial charge in [-0.3, -0.25) is 14.9 Å². The summed E-state index contributed by atoms with van der Waals surface area (Å²) in [4.78, 5) is 11.6. The van der Waals surface area contributed by atoms with Crippen molar-refractivity contribution >= 4 is 17.5 Å². The van der Waals surface area contributed by atoms with E-state index in [2.05, 4.69) is 10.5 Å². The van der Waals surface area contributed by atoms with Gasteiger partial charge in [-0.05, 0) is 18.6 Å². The number of hydrogen-bond donors (Lipinski definition) is 2. The second-order valence-electron chi connectivity index (χ2n) is 3.89. The number of benzene rings is 1. The van der Waals surface area contributed by atoms with E-state index in [1.54, 1.807) is 23.0 Å². The van der Waals surface area contributed by atoms with Crippen LogP contribution in [-0.2, 0) is 6.54 Å². The Labute approximate surface area is 110 Å². The van der Waals surface area contributed by atoms with Crippen molar-refractivity contribution in [1.82, 2.24) is 15.2 Å². The molecule has 0 aliphatic heterocycles. The number of rotatable bonds is 3. The molecule has 18 heavy (non-hydrogen) atoms. The van der Waals surface area contributed by atoms with E-state index in [0.717, 1.165) is 11.3 Å². The van der Waals surface area contributed by atoms with Gasteiger partial charge in [0.25, 0.3) is 5.91 Å². The van der Waals surface area contributed by atoms with Gasteiger partial charge in [-0.2, -0.15) is 5.10 Å². The molecule has 2 rings (SSSR count). The van der Waals surface area contributed by atoms with Gasteiger partial charge in [0.05, 0.1) is 17.3 Å². The van der Waals surface area contributed by atoms with Gasteiger partial charge in [-0.15, -0.1) is 0 Å². The van der Waals surface area contributed by atoms with Gasteiger partial charge in [0.15, 0.2) is 0 Å². The van der Waals surface area contributed by atoms with Crippen molar-refractivity contribution < 1.29 is 4.79 Å². The first-order valence-corrected chi connectivity index (χ1v) is 5.78. The molecule has 0 radical (unpaired) electrons. The number of nitrogen functional groups attached to an aromatic ring is 1. The maximum Gasteiger partial charge on any atom is 0.265 e. The highest BCUT2D eigenvalue weighted by Gasteiger charge is 2.10. The Morgan fingerprint density at radius 3 is 2.83 bits per heavy atom. The molecule has 1 amide bonds. The molecule has 0 saturated heterocycles. The van der Waals surface area contributed by atoms with Gasteiger partial charge in [0.1, 0.15) is 0 Å². The van der Waals surface area contributed by atoms with Gasteiger partial charge in [-0.1, -0.05) is 29.8 Å². The molecule has 0 spiro atoms. The molecule has 94 valence electrons. The number of amides is 1. The highest BCUT2D eigenvalue weighted by Crippen LogP contribution is 2.15. The lowest BCUT2D eigenvalue weighted by Crippen LogP contribution is -2.31. The fourth-order valence-electron chi connectivity index (χ4n) is 1.71. The fraction of sp³-hybridized carbons (Fsp3) is 0.167. The number of hydrogen-bond acceptors (Lipinski definition) is 3. The number of nitrogens with zero attached hydrogens (tertiary/aromatic N) is 2. The third-order valence-corrected chi connectivity index (χ3v) is 2.98. The molecule has 0 atom stereocenters. The zero-order valence-corrected chi connectivity index (χ0v) is 10.6. The molecular formula is C12H13ClN4O. The Hall–Kier alpha value is -1.85. The molecule has 0 fully saturated rings. The topological polar surface area (TPSA) is 72.9 Å². The van der Waals surface area contributed by atoms with Crippen LogP contribution in [0.5, 0.6) is 0 Å². The number of nitrogens with one attached hydrogen (secondary N) is 1. The van der Waals surface area contributed by atoms with Crippen LogP contribution in [0.25, 0.3) is 0 Å². The van der Waals surface area contributed by atoms with E-state index >= 15 is 0 Å². The zero-order valence-electron chi connectivity index (χ0n) is 9.85. The van der Waals surface area contributed by atoms with Crippen molar-refractivity contribution in [2.45, 2.75) is 13.5 Å². The molecule has 1 heterocycles. The smallest absolute Gasteiger partial charge is 0.265 e. The first-order chi connectivity index (χ1) is 8.61. The normalized spacial score (nSPS) is 10.4. The van der Waals surface area contributed by atoms with Crippen molar-refractivity contribution in [3.63, 3.8) is 0 Å². The maximum absolute atomic E-state index is 11.6. The summed E-state index contributed by atoms with van der Waals surface area (Å²) in [6.45, 7) is 2.30.